The lowest BCUT2D eigenvalue weighted by molar-refractivity contribution is 0.403. The van der Waals surface area contributed by atoms with Crippen LogP contribution >= 0.6 is 0 Å². The van der Waals surface area contributed by atoms with E-state index in [1.54, 1.807) is 17.8 Å². The zero-order valence-electron chi connectivity index (χ0n) is 10.3. The highest BCUT2D eigenvalue weighted by molar-refractivity contribution is 5.40. The van der Waals surface area contributed by atoms with Gasteiger partial charge in [-0.05, 0) is 31.0 Å². The number of aryl methyl sites for hydroxylation is 2. The number of aromatic hydroxyl groups is 2. The first-order chi connectivity index (χ1) is 8.47. The van der Waals surface area contributed by atoms with Crippen molar-refractivity contribution in [3.8, 4) is 11.5 Å². The van der Waals surface area contributed by atoms with Crippen LogP contribution in [-0.4, -0.2) is 25.0 Å². The van der Waals surface area contributed by atoms with Gasteiger partial charge in [-0.25, -0.2) is 4.98 Å². The van der Waals surface area contributed by atoms with E-state index >= 15 is 0 Å². The summed E-state index contributed by atoms with van der Waals surface area (Å²) in [6.45, 7) is 1.81. The average Bonchev–Trinajstić information content (AvgIpc) is 2.63. The molecule has 0 aliphatic heterocycles. The molecule has 0 saturated carbocycles. The maximum Gasteiger partial charge on any atom is 0.157 e. The highest BCUT2D eigenvalue weighted by Crippen LogP contribution is 2.26. The van der Waals surface area contributed by atoms with Crippen molar-refractivity contribution in [2.24, 2.45) is 12.8 Å². The van der Waals surface area contributed by atoms with E-state index < -0.39 is 0 Å². The van der Waals surface area contributed by atoms with Gasteiger partial charge in [0.05, 0.1) is 6.04 Å². The second-order valence-electron chi connectivity index (χ2n) is 4.27. The second-order valence-corrected chi connectivity index (χ2v) is 4.27. The van der Waals surface area contributed by atoms with Gasteiger partial charge in [-0.2, -0.15) is 5.10 Å². The third-order valence-corrected chi connectivity index (χ3v) is 2.73. The zero-order chi connectivity index (χ0) is 13.3. The number of nitrogens with two attached hydrogens (primary N) is 1. The smallest absolute Gasteiger partial charge is 0.157 e. The van der Waals surface area contributed by atoms with Gasteiger partial charge in [-0.15, -0.1) is 0 Å². The molecule has 18 heavy (non-hydrogen) atoms. The first-order valence-electron chi connectivity index (χ1n) is 5.61. The van der Waals surface area contributed by atoms with Crippen molar-refractivity contribution in [2.75, 3.05) is 0 Å². The van der Waals surface area contributed by atoms with E-state index in [0.29, 0.717) is 18.1 Å². The summed E-state index contributed by atoms with van der Waals surface area (Å²) < 4.78 is 1.65. The lowest BCUT2D eigenvalue weighted by atomic mass is 10.1. The molecular weight excluding hydrogens is 232 g/mol. The topological polar surface area (TPSA) is 97.2 Å². The fourth-order valence-electron chi connectivity index (χ4n) is 1.89. The minimum atomic E-state index is -0.305. The van der Waals surface area contributed by atoms with Crippen molar-refractivity contribution < 1.29 is 10.2 Å². The first-order valence-corrected chi connectivity index (χ1v) is 5.61. The summed E-state index contributed by atoms with van der Waals surface area (Å²) in [6, 6.07) is 4.36. The standard InChI is InChI=1S/C12H16N4O2/c1-7-14-12(16(2)15-7)9(13)5-8-3-4-10(17)11(18)6-8/h3-4,6,9,17-18H,5,13H2,1-2H3. The molecule has 4 N–H and O–H groups in total. The van der Waals surface area contributed by atoms with Gasteiger partial charge in [-0.3, -0.25) is 4.68 Å². The first kappa shape index (κ1) is 12.4. The normalized spacial score (nSPS) is 12.6. The zero-order valence-corrected chi connectivity index (χ0v) is 10.3. The monoisotopic (exact) mass is 248 g/mol. The predicted octanol–water partition coefficient (Wildman–Crippen LogP) is 0.777. The molecule has 96 valence electrons. The highest BCUT2D eigenvalue weighted by Gasteiger charge is 2.14. The van der Waals surface area contributed by atoms with Gasteiger partial charge in [-0.1, -0.05) is 6.07 Å². The molecular formula is C12H16N4O2. The number of nitrogens with zero attached hydrogens (tertiary/aromatic N) is 3. The molecule has 0 bridgehead atoms. The molecule has 1 aromatic heterocycles. The molecule has 2 rings (SSSR count). The number of hydrogen-bond donors (Lipinski definition) is 3. The van der Waals surface area contributed by atoms with Gasteiger partial charge in [0, 0.05) is 7.05 Å². The number of phenols is 2. The molecule has 1 atom stereocenters. The third kappa shape index (κ3) is 2.43. The Hall–Kier alpha value is -2.08. The Labute approximate surface area is 105 Å². The SMILES string of the molecule is Cc1nc(C(N)Cc2ccc(O)c(O)c2)n(C)n1. The predicted molar refractivity (Wildman–Crippen MR) is 66.1 cm³/mol. The summed E-state index contributed by atoms with van der Waals surface area (Å²) >= 11 is 0. The quantitative estimate of drug-likeness (QED) is 0.697. The molecule has 1 unspecified atom stereocenters. The lowest BCUT2D eigenvalue weighted by Gasteiger charge is -2.11. The van der Waals surface area contributed by atoms with Crippen molar-refractivity contribution in [1.82, 2.24) is 14.8 Å². The molecule has 1 aromatic carbocycles. The summed E-state index contributed by atoms with van der Waals surface area (Å²) in [5, 5.41) is 22.8. The summed E-state index contributed by atoms with van der Waals surface area (Å²) in [5.41, 5.74) is 6.89. The van der Waals surface area contributed by atoms with Crippen molar-refractivity contribution >= 4 is 0 Å². The molecule has 0 amide bonds. The van der Waals surface area contributed by atoms with Crippen LogP contribution in [-0.2, 0) is 13.5 Å². The van der Waals surface area contributed by atoms with E-state index in [0.717, 1.165) is 5.56 Å². The Kier molecular flexibility index (Phi) is 3.20. The Morgan fingerprint density at radius 2 is 2.06 bits per heavy atom. The average molecular weight is 248 g/mol. The van der Waals surface area contributed by atoms with Crippen LogP contribution < -0.4 is 5.73 Å². The van der Waals surface area contributed by atoms with Gasteiger partial charge < -0.3 is 15.9 Å². The molecule has 0 aliphatic carbocycles. The summed E-state index contributed by atoms with van der Waals surface area (Å²) in [6.07, 6.45) is 0.514. The Balaban J connectivity index is 2.18. The van der Waals surface area contributed by atoms with E-state index in [-0.39, 0.29) is 17.5 Å². The van der Waals surface area contributed by atoms with E-state index in [1.807, 2.05) is 6.92 Å². The molecule has 2 aromatic rings. The molecule has 1 heterocycles. The van der Waals surface area contributed by atoms with Crippen LogP contribution in [0.3, 0.4) is 0 Å². The van der Waals surface area contributed by atoms with Crippen LogP contribution in [0.4, 0.5) is 0 Å². The Morgan fingerprint density at radius 3 is 2.61 bits per heavy atom. The van der Waals surface area contributed by atoms with Gasteiger partial charge in [0.15, 0.2) is 11.5 Å². The van der Waals surface area contributed by atoms with Crippen molar-refractivity contribution in [2.45, 2.75) is 19.4 Å². The minimum Gasteiger partial charge on any atom is -0.504 e. The number of phenolic OH excluding ortho intramolecular Hbond substituents is 2. The van der Waals surface area contributed by atoms with Crippen LogP contribution in [0.2, 0.25) is 0 Å². The van der Waals surface area contributed by atoms with Crippen LogP contribution in [0, 0.1) is 6.92 Å². The third-order valence-electron chi connectivity index (χ3n) is 2.73. The van der Waals surface area contributed by atoms with Gasteiger partial charge >= 0.3 is 0 Å². The van der Waals surface area contributed by atoms with Crippen LogP contribution in [0.25, 0.3) is 0 Å². The van der Waals surface area contributed by atoms with E-state index in [4.69, 9.17) is 5.73 Å². The lowest BCUT2D eigenvalue weighted by Crippen LogP contribution is -2.18. The maximum atomic E-state index is 9.42. The number of rotatable bonds is 3. The van der Waals surface area contributed by atoms with E-state index in [2.05, 4.69) is 10.1 Å². The van der Waals surface area contributed by atoms with Crippen LogP contribution in [0.15, 0.2) is 18.2 Å². The van der Waals surface area contributed by atoms with Gasteiger partial charge in [0.2, 0.25) is 0 Å². The molecule has 0 radical (unpaired) electrons. The second kappa shape index (κ2) is 4.66. The van der Waals surface area contributed by atoms with Crippen molar-refractivity contribution in [1.29, 1.82) is 0 Å². The number of hydrogen-bond acceptors (Lipinski definition) is 5. The molecule has 0 spiro atoms. The van der Waals surface area contributed by atoms with Crippen LogP contribution in [0.5, 0.6) is 11.5 Å². The van der Waals surface area contributed by atoms with E-state index in [9.17, 15) is 10.2 Å². The maximum absolute atomic E-state index is 9.42. The minimum absolute atomic E-state index is 0.137. The van der Waals surface area contributed by atoms with Gasteiger partial charge in [0.25, 0.3) is 0 Å². The molecule has 6 heteroatoms. The molecule has 0 fully saturated rings. The van der Waals surface area contributed by atoms with E-state index in [1.165, 1.54) is 12.1 Å². The fraction of sp³-hybridized carbons (Fsp3) is 0.333. The summed E-state index contributed by atoms with van der Waals surface area (Å²) in [4.78, 5) is 4.26. The largest absolute Gasteiger partial charge is 0.504 e. The number of aromatic nitrogens is 3. The highest BCUT2D eigenvalue weighted by atomic mass is 16.3. The molecule has 6 nitrogen and oxygen atoms in total. The van der Waals surface area contributed by atoms with Crippen molar-refractivity contribution in [3.63, 3.8) is 0 Å². The number of benzene rings is 1. The van der Waals surface area contributed by atoms with Crippen LogP contribution in [0.1, 0.15) is 23.3 Å². The molecule has 0 aliphatic rings. The van der Waals surface area contributed by atoms with Gasteiger partial charge in [0.1, 0.15) is 11.6 Å². The fourth-order valence-corrected chi connectivity index (χ4v) is 1.89. The summed E-state index contributed by atoms with van der Waals surface area (Å²) in [7, 11) is 1.80. The Bertz CT molecular complexity index is 565. The molecule has 0 saturated heterocycles. The van der Waals surface area contributed by atoms with Crippen molar-refractivity contribution in [3.05, 3.63) is 35.4 Å². The summed E-state index contributed by atoms with van der Waals surface area (Å²) in [5.74, 6) is 1.09. The Morgan fingerprint density at radius 1 is 1.33 bits per heavy atom.